The number of rotatable bonds is 3. The van der Waals surface area contributed by atoms with Gasteiger partial charge in [0.15, 0.2) is 0 Å². The fourth-order valence-electron chi connectivity index (χ4n) is 2.97. The first kappa shape index (κ1) is 14.6. The number of methoxy groups -OCH3 is 1. The van der Waals surface area contributed by atoms with E-state index < -0.39 is 0 Å². The molecular weight excluding hydrogens is 282 g/mol. The summed E-state index contributed by atoms with van der Waals surface area (Å²) in [4.78, 5) is 25.9. The molecule has 0 radical (unpaired) electrons. The second kappa shape index (κ2) is 6.17. The fourth-order valence-corrected chi connectivity index (χ4v) is 2.97. The molecule has 1 aromatic heterocycles. The van der Waals surface area contributed by atoms with Crippen molar-refractivity contribution in [3.8, 4) is 0 Å². The molecule has 22 heavy (non-hydrogen) atoms. The Bertz CT molecular complexity index is 695. The Balaban J connectivity index is 1.70. The van der Waals surface area contributed by atoms with Crippen LogP contribution < -0.4 is 0 Å². The molecule has 0 aliphatic carbocycles. The van der Waals surface area contributed by atoms with E-state index in [0.29, 0.717) is 13.1 Å². The standard InChI is InChI=1S/C16H19N3O3/c1-22-16(21)11-5-4-8-19(10-11)15(20)9-14-12-6-2-3-7-13(12)17-18-14/h2-3,6-7,11H,4-5,8-10H2,1H3,(H,17,18)/t11-/m1/s1. The average molecular weight is 301 g/mol. The van der Waals surface area contributed by atoms with E-state index >= 15 is 0 Å². The van der Waals surface area contributed by atoms with Crippen molar-refractivity contribution in [3.63, 3.8) is 0 Å². The number of carbonyl (C=O) groups is 2. The molecule has 1 N–H and O–H groups in total. The molecule has 6 heteroatoms. The molecule has 0 bridgehead atoms. The maximum absolute atomic E-state index is 12.5. The molecule has 1 fully saturated rings. The second-order valence-electron chi connectivity index (χ2n) is 5.60. The third-order valence-electron chi connectivity index (χ3n) is 4.18. The van der Waals surface area contributed by atoms with E-state index in [2.05, 4.69) is 10.2 Å². The van der Waals surface area contributed by atoms with Gasteiger partial charge in [0.1, 0.15) is 0 Å². The van der Waals surface area contributed by atoms with Crippen molar-refractivity contribution in [3.05, 3.63) is 30.0 Å². The Labute approximate surface area is 128 Å². The van der Waals surface area contributed by atoms with E-state index in [4.69, 9.17) is 4.74 Å². The zero-order valence-electron chi connectivity index (χ0n) is 12.5. The molecule has 1 aromatic carbocycles. The Morgan fingerprint density at radius 1 is 1.41 bits per heavy atom. The van der Waals surface area contributed by atoms with Crippen LogP contribution in [0.15, 0.2) is 24.3 Å². The molecule has 1 amide bonds. The van der Waals surface area contributed by atoms with Crippen molar-refractivity contribution in [2.24, 2.45) is 5.92 Å². The van der Waals surface area contributed by atoms with E-state index in [1.165, 1.54) is 7.11 Å². The summed E-state index contributed by atoms with van der Waals surface area (Å²) in [6.45, 7) is 1.13. The maximum atomic E-state index is 12.5. The smallest absolute Gasteiger partial charge is 0.310 e. The number of piperidine rings is 1. The zero-order chi connectivity index (χ0) is 15.5. The summed E-state index contributed by atoms with van der Waals surface area (Å²) in [7, 11) is 1.39. The lowest BCUT2D eigenvalue weighted by molar-refractivity contribution is -0.148. The number of nitrogens with one attached hydrogen (secondary N) is 1. The van der Waals surface area contributed by atoms with Crippen molar-refractivity contribution < 1.29 is 14.3 Å². The number of amides is 1. The monoisotopic (exact) mass is 301 g/mol. The highest BCUT2D eigenvalue weighted by Crippen LogP contribution is 2.20. The molecule has 1 aliphatic rings. The summed E-state index contributed by atoms with van der Waals surface area (Å²) in [5.41, 5.74) is 1.68. The van der Waals surface area contributed by atoms with Crippen LogP contribution in [0.1, 0.15) is 18.5 Å². The number of benzene rings is 1. The number of H-pyrrole nitrogens is 1. The van der Waals surface area contributed by atoms with Gasteiger partial charge in [0.2, 0.25) is 5.91 Å². The normalized spacial score (nSPS) is 18.4. The van der Waals surface area contributed by atoms with Gasteiger partial charge in [-0.3, -0.25) is 14.7 Å². The minimum Gasteiger partial charge on any atom is -0.469 e. The van der Waals surface area contributed by atoms with Crippen LogP contribution in [-0.2, 0) is 20.7 Å². The van der Waals surface area contributed by atoms with E-state index in [1.54, 1.807) is 4.90 Å². The number of carbonyl (C=O) groups excluding carboxylic acids is 2. The van der Waals surface area contributed by atoms with E-state index in [1.807, 2.05) is 24.3 Å². The lowest BCUT2D eigenvalue weighted by Gasteiger charge is -2.31. The largest absolute Gasteiger partial charge is 0.469 e. The summed E-state index contributed by atoms with van der Waals surface area (Å²) in [6, 6.07) is 7.71. The number of para-hydroxylation sites is 1. The van der Waals surface area contributed by atoms with Gasteiger partial charge < -0.3 is 9.64 Å². The molecule has 0 saturated carbocycles. The zero-order valence-corrected chi connectivity index (χ0v) is 12.5. The van der Waals surface area contributed by atoms with Gasteiger partial charge in [-0.25, -0.2) is 0 Å². The van der Waals surface area contributed by atoms with Gasteiger partial charge in [0.25, 0.3) is 0 Å². The van der Waals surface area contributed by atoms with Crippen LogP contribution >= 0.6 is 0 Å². The SMILES string of the molecule is COC(=O)[C@@H]1CCCN(C(=O)Cc2[nH]nc3ccccc23)C1. The molecule has 2 aromatic rings. The number of aromatic amines is 1. The fraction of sp³-hybridized carbons (Fsp3) is 0.438. The first-order chi connectivity index (χ1) is 10.7. The quantitative estimate of drug-likeness (QED) is 0.872. The highest BCUT2D eigenvalue weighted by Gasteiger charge is 2.29. The van der Waals surface area contributed by atoms with Crippen LogP contribution in [0, 0.1) is 5.92 Å². The molecular formula is C16H19N3O3. The first-order valence-corrected chi connectivity index (χ1v) is 7.46. The van der Waals surface area contributed by atoms with Crippen molar-refractivity contribution >= 4 is 22.8 Å². The van der Waals surface area contributed by atoms with Crippen molar-refractivity contribution in [1.29, 1.82) is 0 Å². The first-order valence-electron chi connectivity index (χ1n) is 7.46. The van der Waals surface area contributed by atoms with Gasteiger partial charge in [-0.1, -0.05) is 18.2 Å². The van der Waals surface area contributed by atoms with Gasteiger partial charge in [-0.2, -0.15) is 5.10 Å². The van der Waals surface area contributed by atoms with Gasteiger partial charge in [-0.15, -0.1) is 0 Å². The highest BCUT2D eigenvalue weighted by molar-refractivity contribution is 5.87. The topological polar surface area (TPSA) is 75.3 Å². The van der Waals surface area contributed by atoms with Gasteiger partial charge >= 0.3 is 5.97 Å². The minimum absolute atomic E-state index is 0.0167. The minimum atomic E-state index is -0.232. The predicted molar refractivity (Wildman–Crippen MR) is 81.1 cm³/mol. The van der Waals surface area contributed by atoms with Crippen molar-refractivity contribution in [2.75, 3.05) is 20.2 Å². The second-order valence-corrected chi connectivity index (χ2v) is 5.60. The van der Waals surface area contributed by atoms with E-state index in [-0.39, 0.29) is 24.2 Å². The molecule has 1 atom stereocenters. The Morgan fingerprint density at radius 3 is 3.05 bits per heavy atom. The lowest BCUT2D eigenvalue weighted by atomic mass is 9.98. The Morgan fingerprint density at radius 2 is 2.23 bits per heavy atom. The third-order valence-corrected chi connectivity index (χ3v) is 4.18. The van der Waals surface area contributed by atoms with E-state index in [9.17, 15) is 9.59 Å². The highest BCUT2D eigenvalue weighted by atomic mass is 16.5. The number of fused-ring (bicyclic) bond motifs is 1. The molecule has 1 saturated heterocycles. The van der Waals surface area contributed by atoms with Crippen LogP contribution in [0.4, 0.5) is 0 Å². The van der Waals surface area contributed by atoms with Crippen LogP contribution in [0.5, 0.6) is 0 Å². The van der Waals surface area contributed by atoms with Crippen LogP contribution in [0.25, 0.3) is 10.9 Å². The van der Waals surface area contributed by atoms with Crippen LogP contribution in [0.3, 0.4) is 0 Å². The number of nitrogens with zero attached hydrogens (tertiary/aromatic N) is 2. The summed E-state index contributed by atoms with van der Waals surface area (Å²) < 4.78 is 4.79. The summed E-state index contributed by atoms with van der Waals surface area (Å²) in [5, 5.41) is 8.11. The predicted octanol–water partition coefficient (Wildman–Crippen LogP) is 1.52. The Hall–Kier alpha value is -2.37. The molecule has 6 nitrogen and oxygen atoms in total. The molecule has 1 aliphatic heterocycles. The molecule has 116 valence electrons. The van der Waals surface area contributed by atoms with Crippen LogP contribution in [0.2, 0.25) is 0 Å². The Kier molecular flexibility index (Phi) is 4.09. The number of aromatic nitrogens is 2. The van der Waals surface area contributed by atoms with Crippen molar-refractivity contribution in [1.82, 2.24) is 15.1 Å². The average Bonchev–Trinajstić information content (AvgIpc) is 2.97. The number of likely N-dealkylation sites (tertiary alicyclic amines) is 1. The van der Waals surface area contributed by atoms with Gasteiger partial charge in [0, 0.05) is 18.5 Å². The molecule has 0 spiro atoms. The van der Waals surface area contributed by atoms with E-state index in [0.717, 1.165) is 29.4 Å². The van der Waals surface area contributed by atoms with Crippen molar-refractivity contribution in [2.45, 2.75) is 19.3 Å². The third kappa shape index (κ3) is 2.81. The molecule has 0 unspecified atom stereocenters. The number of ether oxygens (including phenoxy) is 1. The van der Waals surface area contributed by atoms with Gasteiger partial charge in [-0.05, 0) is 18.9 Å². The number of hydrogen-bond acceptors (Lipinski definition) is 4. The summed E-state index contributed by atoms with van der Waals surface area (Å²) in [6.07, 6.45) is 1.88. The number of esters is 1. The lowest BCUT2D eigenvalue weighted by Crippen LogP contribution is -2.43. The van der Waals surface area contributed by atoms with Crippen LogP contribution in [-0.4, -0.2) is 47.2 Å². The number of hydrogen-bond donors (Lipinski definition) is 1. The molecule has 3 rings (SSSR count). The summed E-state index contributed by atoms with van der Waals surface area (Å²) in [5.74, 6) is -0.422. The maximum Gasteiger partial charge on any atom is 0.310 e. The van der Waals surface area contributed by atoms with Gasteiger partial charge in [0.05, 0.1) is 30.7 Å². The molecule has 2 heterocycles. The summed E-state index contributed by atoms with van der Waals surface area (Å²) >= 11 is 0.